The first-order valence-corrected chi connectivity index (χ1v) is 4.62. The largest absolute Gasteiger partial charge is 0.453 e. The summed E-state index contributed by atoms with van der Waals surface area (Å²) in [7, 11) is 1.39. The molecule has 1 aliphatic heterocycles. The van der Waals surface area contributed by atoms with Crippen molar-refractivity contribution in [1.82, 2.24) is 4.90 Å². The standard InChI is InChI=1S/C9H17NO3/c1-7(6-11)8-3-4-10(5-8)9(12)13-2/h7-8,11H,3-6H2,1-2H3. The van der Waals surface area contributed by atoms with Crippen LogP contribution in [-0.4, -0.2) is 42.9 Å². The van der Waals surface area contributed by atoms with Crippen molar-refractivity contribution in [3.05, 3.63) is 0 Å². The van der Waals surface area contributed by atoms with Crippen molar-refractivity contribution >= 4 is 6.09 Å². The fourth-order valence-electron chi connectivity index (χ4n) is 1.70. The van der Waals surface area contributed by atoms with Gasteiger partial charge in [-0.05, 0) is 18.3 Å². The highest BCUT2D eigenvalue weighted by Gasteiger charge is 2.29. The van der Waals surface area contributed by atoms with Crippen LogP contribution in [0.1, 0.15) is 13.3 Å². The van der Waals surface area contributed by atoms with Gasteiger partial charge in [0.15, 0.2) is 0 Å². The van der Waals surface area contributed by atoms with Gasteiger partial charge < -0.3 is 14.7 Å². The normalized spacial score (nSPS) is 24.5. The highest BCUT2D eigenvalue weighted by Crippen LogP contribution is 2.23. The smallest absolute Gasteiger partial charge is 0.409 e. The molecule has 0 radical (unpaired) electrons. The number of carbonyl (C=O) groups excluding carboxylic acids is 1. The van der Waals surface area contributed by atoms with E-state index in [0.29, 0.717) is 12.5 Å². The zero-order valence-corrected chi connectivity index (χ0v) is 8.19. The molecular weight excluding hydrogens is 170 g/mol. The van der Waals surface area contributed by atoms with Crippen LogP contribution < -0.4 is 0 Å². The van der Waals surface area contributed by atoms with Crippen LogP contribution in [0.15, 0.2) is 0 Å². The van der Waals surface area contributed by atoms with Gasteiger partial charge in [-0.25, -0.2) is 4.79 Å². The van der Waals surface area contributed by atoms with Crippen LogP contribution in [0.4, 0.5) is 4.79 Å². The van der Waals surface area contributed by atoms with Crippen LogP contribution >= 0.6 is 0 Å². The van der Waals surface area contributed by atoms with E-state index in [2.05, 4.69) is 4.74 Å². The summed E-state index contributed by atoms with van der Waals surface area (Å²) in [5, 5.41) is 8.94. The number of hydrogen-bond acceptors (Lipinski definition) is 3. The fraction of sp³-hybridized carbons (Fsp3) is 0.889. The van der Waals surface area contributed by atoms with Gasteiger partial charge in [-0.15, -0.1) is 0 Å². The number of likely N-dealkylation sites (tertiary alicyclic amines) is 1. The van der Waals surface area contributed by atoms with Crippen LogP contribution in [0.3, 0.4) is 0 Å². The zero-order chi connectivity index (χ0) is 9.84. The molecule has 0 aromatic rings. The maximum atomic E-state index is 11.1. The highest BCUT2D eigenvalue weighted by atomic mass is 16.5. The molecule has 0 spiro atoms. The lowest BCUT2D eigenvalue weighted by Crippen LogP contribution is -2.29. The molecule has 76 valence electrons. The molecule has 1 N–H and O–H groups in total. The molecule has 2 atom stereocenters. The molecule has 13 heavy (non-hydrogen) atoms. The molecule has 1 aliphatic rings. The predicted molar refractivity (Wildman–Crippen MR) is 48.3 cm³/mol. The number of rotatable bonds is 2. The first-order chi connectivity index (χ1) is 6.19. The van der Waals surface area contributed by atoms with Gasteiger partial charge in [0, 0.05) is 19.7 Å². The summed E-state index contributed by atoms with van der Waals surface area (Å²) in [6.45, 7) is 3.67. The second-order valence-electron chi connectivity index (χ2n) is 3.62. The van der Waals surface area contributed by atoms with Crippen molar-refractivity contribution in [2.24, 2.45) is 11.8 Å². The quantitative estimate of drug-likeness (QED) is 0.692. The predicted octanol–water partition coefficient (Wildman–Crippen LogP) is 0.703. The molecule has 1 fully saturated rings. The summed E-state index contributed by atoms with van der Waals surface area (Å²) in [5.74, 6) is 0.693. The number of methoxy groups -OCH3 is 1. The van der Waals surface area contributed by atoms with E-state index in [4.69, 9.17) is 5.11 Å². The summed E-state index contributed by atoms with van der Waals surface area (Å²) in [4.78, 5) is 12.8. The first kappa shape index (κ1) is 10.3. The summed E-state index contributed by atoms with van der Waals surface area (Å²) >= 11 is 0. The number of nitrogens with zero attached hydrogens (tertiary/aromatic N) is 1. The first-order valence-electron chi connectivity index (χ1n) is 4.62. The Labute approximate surface area is 78.5 Å². The summed E-state index contributed by atoms with van der Waals surface area (Å²) in [6, 6.07) is 0. The molecule has 1 rings (SSSR count). The van der Waals surface area contributed by atoms with Gasteiger partial charge in [0.1, 0.15) is 0 Å². The van der Waals surface area contributed by atoms with Crippen molar-refractivity contribution < 1.29 is 14.6 Å². The number of hydrogen-bond donors (Lipinski definition) is 1. The molecule has 0 bridgehead atoms. The Balaban J connectivity index is 2.40. The van der Waals surface area contributed by atoms with E-state index in [1.807, 2.05) is 6.92 Å². The lowest BCUT2D eigenvalue weighted by atomic mass is 9.94. The van der Waals surface area contributed by atoms with Gasteiger partial charge in [-0.2, -0.15) is 0 Å². The number of amides is 1. The van der Waals surface area contributed by atoms with Gasteiger partial charge in [-0.1, -0.05) is 6.92 Å². The van der Waals surface area contributed by atoms with Crippen molar-refractivity contribution in [2.45, 2.75) is 13.3 Å². The fourth-order valence-corrected chi connectivity index (χ4v) is 1.70. The van der Waals surface area contributed by atoms with E-state index in [0.717, 1.165) is 13.0 Å². The average Bonchev–Trinajstić information content (AvgIpc) is 2.64. The van der Waals surface area contributed by atoms with Crippen molar-refractivity contribution in [1.29, 1.82) is 0 Å². The Morgan fingerprint density at radius 1 is 1.77 bits per heavy atom. The minimum absolute atomic E-state index is 0.194. The van der Waals surface area contributed by atoms with Crippen LogP contribution in [0.2, 0.25) is 0 Å². The van der Waals surface area contributed by atoms with Crippen molar-refractivity contribution in [2.75, 3.05) is 26.8 Å². The minimum atomic E-state index is -0.257. The van der Waals surface area contributed by atoms with Crippen LogP contribution in [0.25, 0.3) is 0 Å². The molecule has 0 aliphatic carbocycles. The van der Waals surface area contributed by atoms with Crippen LogP contribution in [0.5, 0.6) is 0 Å². The monoisotopic (exact) mass is 187 g/mol. The van der Waals surface area contributed by atoms with E-state index in [1.54, 1.807) is 4.90 Å². The molecule has 1 amide bonds. The van der Waals surface area contributed by atoms with Gasteiger partial charge in [0.2, 0.25) is 0 Å². The summed E-state index contributed by atoms with van der Waals surface area (Å²) < 4.78 is 4.62. The molecule has 4 nitrogen and oxygen atoms in total. The van der Waals surface area contributed by atoms with Gasteiger partial charge in [0.25, 0.3) is 0 Å². The highest BCUT2D eigenvalue weighted by molar-refractivity contribution is 5.67. The number of aliphatic hydroxyl groups excluding tert-OH is 1. The molecule has 0 saturated carbocycles. The van der Waals surface area contributed by atoms with Gasteiger partial charge in [0.05, 0.1) is 7.11 Å². The summed E-state index contributed by atoms with van der Waals surface area (Å²) in [5.41, 5.74) is 0. The topological polar surface area (TPSA) is 49.8 Å². The number of carbonyl (C=O) groups is 1. The maximum absolute atomic E-state index is 11.1. The van der Waals surface area contributed by atoms with Crippen molar-refractivity contribution in [3.8, 4) is 0 Å². The third-order valence-corrected chi connectivity index (χ3v) is 2.75. The maximum Gasteiger partial charge on any atom is 0.409 e. The lowest BCUT2D eigenvalue weighted by molar-refractivity contribution is 0.127. The molecule has 0 aromatic carbocycles. The molecule has 1 heterocycles. The molecule has 4 heteroatoms. The van der Waals surface area contributed by atoms with E-state index in [1.165, 1.54) is 7.11 Å². The molecule has 1 saturated heterocycles. The number of ether oxygens (including phenoxy) is 1. The third kappa shape index (κ3) is 2.34. The zero-order valence-electron chi connectivity index (χ0n) is 8.19. The lowest BCUT2D eigenvalue weighted by Gasteiger charge is -2.17. The van der Waals surface area contributed by atoms with E-state index in [-0.39, 0.29) is 18.6 Å². The van der Waals surface area contributed by atoms with E-state index >= 15 is 0 Å². The second-order valence-corrected chi connectivity index (χ2v) is 3.62. The second kappa shape index (κ2) is 4.46. The minimum Gasteiger partial charge on any atom is -0.453 e. The average molecular weight is 187 g/mol. The Bertz CT molecular complexity index is 184. The molecular formula is C9H17NO3. The van der Waals surface area contributed by atoms with E-state index in [9.17, 15) is 4.79 Å². The van der Waals surface area contributed by atoms with Crippen molar-refractivity contribution in [3.63, 3.8) is 0 Å². The van der Waals surface area contributed by atoms with E-state index < -0.39 is 0 Å². The Kier molecular flexibility index (Phi) is 3.54. The summed E-state index contributed by atoms with van der Waals surface area (Å²) in [6.07, 6.45) is 0.712. The third-order valence-electron chi connectivity index (χ3n) is 2.75. The SMILES string of the molecule is COC(=O)N1CCC(C(C)CO)C1. The Morgan fingerprint density at radius 3 is 3.00 bits per heavy atom. The Morgan fingerprint density at radius 2 is 2.46 bits per heavy atom. The van der Waals surface area contributed by atoms with Crippen LogP contribution in [0, 0.1) is 11.8 Å². The van der Waals surface area contributed by atoms with Gasteiger partial charge >= 0.3 is 6.09 Å². The number of aliphatic hydroxyl groups is 1. The Hall–Kier alpha value is -0.770. The van der Waals surface area contributed by atoms with Crippen LogP contribution in [-0.2, 0) is 4.74 Å². The molecule has 2 unspecified atom stereocenters. The van der Waals surface area contributed by atoms with Gasteiger partial charge in [-0.3, -0.25) is 0 Å². The molecule has 0 aromatic heterocycles.